The van der Waals surface area contributed by atoms with Gasteiger partial charge in [-0.1, -0.05) is 22.0 Å². The van der Waals surface area contributed by atoms with E-state index in [1.807, 2.05) is 24.4 Å². The summed E-state index contributed by atoms with van der Waals surface area (Å²) < 4.78 is 0.637. The van der Waals surface area contributed by atoms with Gasteiger partial charge in [0.2, 0.25) is 0 Å². The lowest BCUT2D eigenvalue weighted by Crippen LogP contribution is -2.31. The van der Waals surface area contributed by atoms with Crippen molar-refractivity contribution in [2.24, 2.45) is 0 Å². The van der Waals surface area contributed by atoms with Crippen molar-refractivity contribution in [3.63, 3.8) is 0 Å². The zero-order chi connectivity index (χ0) is 15.4. The number of amides is 2. The molecule has 0 fully saturated rings. The van der Waals surface area contributed by atoms with E-state index >= 15 is 0 Å². The molecule has 1 atom stereocenters. The molecular formula is C14H13BrN2O3S. The maximum atomic E-state index is 12.0. The molecule has 0 radical (unpaired) electrons. The fourth-order valence-electron chi connectivity index (χ4n) is 1.77. The van der Waals surface area contributed by atoms with Gasteiger partial charge in [-0.15, -0.1) is 11.3 Å². The lowest BCUT2D eigenvalue weighted by Gasteiger charge is -2.14. The van der Waals surface area contributed by atoms with Gasteiger partial charge < -0.3 is 15.7 Å². The number of hydrogen-bond acceptors (Lipinski definition) is 3. The highest BCUT2D eigenvalue weighted by molar-refractivity contribution is 9.10. The first-order valence-electron chi connectivity index (χ1n) is 6.11. The first-order valence-corrected chi connectivity index (χ1v) is 7.78. The van der Waals surface area contributed by atoms with Crippen LogP contribution in [0.2, 0.25) is 0 Å². The third-order valence-electron chi connectivity index (χ3n) is 2.78. The first kappa shape index (κ1) is 15.5. The van der Waals surface area contributed by atoms with Gasteiger partial charge in [0.15, 0.2) is 0 Å². The van der Waals surface area contributed by atoms with Gasteiger partial charge in [0.05, 0.1) is 17.3 Å². The van der Waals surface area contributed by atoms with E-state index in [1.54, 1.807) is 23.5 Å². The van der Waals surface area contributed by atoms with Crippen LogP contribution in [0.1, 0.15) is 28.2 Å². The highest BCUT2D eigenvalue weighted by atomic mass is 79.9. The van der Waals surface area contributed by atoms with Crippen LogP contribution in [0.4, 0.5) is 10.5 Å². The molecule has 1 unspecified atom stereocenters. The molecule has 0 aliphatic carbocycles. The standard InChI is InChI=1S/C14H13BrN2O3S/c1-8(12-3-2-6-21-12)16-14(20)17-11-5-4-9(15)7-10(11)13(18)19/h2-8H,1H3,(H,18,19)(H2,16,17,20). The summed E-state index contributed by atoms with van der Waals surface area (Å²) in [6.07, 6.45) is 0. The van der Waals surface area contributed by atoms with Crippen molar-refractivity contribution < 1.29 is 14.7 Å². The molecule has 3 N–H and O–H groups in total. The second-order valence-electron chi connectivity index (χ2n) is 4.33. The Morgan fingerprint density at radius 3 is 2.71 bits per heavy atom. The van der Waals surface area contributed by atoms with Gasteiger partial charge in [-0.25, -0.2) is 9.59 Å². The summed E-state index contributed by atoms with van der Waals surface area (Å²) in [6.45, 7) is 1.87. The summed E-state index contributed by atoms with van der Waals surface area (Å²) in [7, 11) is 0. The molecule has 1 heterocycles. The number of carbonyl (C=O) groups is 2. The van der Waals surface area contributed by atoms with Crippen molar-refractivity contribution >= 4 is 45.0 Å². The number of rotatable bonds is 4. The normalized spacial score (nSPS) is 11.7. The minimum absolute atomic E-state index is 0.0308. The van der Waals surface area contributed by atoms with Crippen LogP contribution in [-0.4, -0.2) is 17.1 Å². The minimum Gasteiger partial charge on any atom is -0.478 e. The van der Waals surface area contributed by atoms with Crippen molar-refractivity contribution in [1.82, 2.24) is 5.32 Å². The fourth-order valence-corrected chi connectivity index (χ4v) is 2.86. The summed E-state index contributed by atoms with van der Waals surface area (Å²) >= 11 is 4.75. The van der Waals surface area contributed by atoms with Crippen LogP contribution in [0, 0.1) is 0 Å². The number of hydrogen-bond donors (Lipinski definition) is 3. The van der Waals surface area contributed by atoms with Crippen molar-refractivity contribution in [2.75, 3.05) is 5.32 Å². The topological polar surface area (TPSA) is 78.4 Å². The lowest BCUT2D eigenvalue weighted by molar-refractivity contribution is 0.0698. The van der Waals surface area contributed by atoms with E-state index < -0.39 is 12.0 Å². The van der Waals surface area contributed by atoms with E-state index in [1.165, 1.54) is 6.07 Å². The van der Waals surface area contributed by atoms with Crippen LogP contribution in [0.15, 0.2) is 40.2 Å². The Balaban J connectivity index is 2.08. The highest BCUT2D eigenvalue weighted by Crippen LogP contribution is 2.22. The summed E-state index contributed by atoms with van der Waals surface area (Å²) in [5, 5.41) is 16.4. The van der Waals surface area contributed by atoms with Crippen molar-refractivity contribution in [1.29, 1.82) is 0 Å². The van der Waals surface area contributed by atoms with E-state index in [0.717, 1.165) is 4.88 Å². The molecule has 2 amide bonds. The average molecular weight is 369 g/mol. The third kappa shape index (κ3) is 4.05. The number of carboxylic acid groups (broad SMARTS) is 1. The van der Waals surface area contributed by atoms with Gasteiger partial charge in [0, 0.05) is 9.35 Å². The number of anilines is 1. The van der Waals surface area contributed by atoms with Crippen LogP contribution in [0.3, 0.4) is 0 Å². The van der Waals surface area contributed by atoms with E-state index in [2.05, 4.69) is 26.6 Å². The maximum Gasteiger partial charge on any atom is 0.337 e. The lowest BCUT2D eigenvalue weighted by atomic mass is 10.2. The molecule has 21 heavy (non-hydrogen) atoms. The van der Waals surface area contributed by atoms with E-state index in [9.17, 15) is 9.59 Å². The molecule has 0 aliphatic rings. The Morgan fingerprint density at radius 2 is 2.10 bits per heavy atom. The Labute approximate surface area is 134 Å². The predicted molar refractivity (Wildman–Crippen MR) is 86.0 cm³/mol. The number of urea groups is 1. The number of carboxylic acids is 1. The Morgan fingerprint density at radius 1 is 1.33 bits per heavy atom. The summed E-state index contributed by atoms with van der Waals surface area (Å²) in [5.41, 5.74) is 0.282. The molecule has 1 aromatic heterocycles. The van der Waals surface area contributed by atoms with E-state index in [-0.39, 0.29) is 17.3 Å². The zero-order valence-corrected chi connectivity index (χ0v) is 13.5. The largest absolute Gasteiger partial charge is 0.478 e. The van der Waals surface area contributed by atoms with Gasteiger partial charge in [0.25, 0.3) is 0 Å². The number of carbonyl (C=O) groups excluding carboxylic acids is 1. The second kappa shape index (κ2) is 6.73. The summed E-state index contributed by atoms with van der Waals surface area (Å²) in [5.74, 6) is -1.10. The Kier molecular flexibility index (Phi) is 4.98. The average Bonchev–Trinajstić information content (AvgIpc) is 2.94. The predicted octanol–water partition coefficient (Wildman–Crippen LogP) is 4.09. The SMILES string of the molecule is CC(NC(=O)Nc1ccc(Br)cc1C(=O)O)c1cccs1. The molecule has 2 rings (SSSR count). The summed E-state index contributed by atoms with van der Waals surface area (Å²) in [6, 6.07) is 7.91. The molecule has 0 saturated carbocycles. The van der Waals surface area contributed by atoms with Gasteiger partial charge in [0.1, 0.15) is 0 Å². The van der Waals surface area contributed by atoms with Crippen molar-refractivity contribution in [2.45, 2.75) is 13.0 Å². The number of aromatic carboxylic acids is 1. The Hall–Kier alpha value is -1.86. The Bertz CT molecular complexity index is 658. The van der Waals surface area contributed by atoms with Gasteiger partial charge in [-0.3, -0.25) is 0 Å². The van der Waals surface area contributed by atoms with Crippen LogP contribution in [0.25, 0.3) is 0 Å². The second-order valence-corrected chi connectivity index (χ2v) is 6.23. The molecular weight excluding hydrogens is 356 g/mol. The highest BCUT2D eigenvalue weighted by Gasteiger charge is 2.15. The number of benzene rings is 1. The maximum absolute atomic E-state index is 12.0. The molecule has 2 aromatic rings. The molecule has 0 bridgehead atoms. The zero-order valence-electron chi connectivity index (χ0n) is 11.1. The number of halogens is 1. The van der Waals surface area contributed by atoms with Crippen LogP contribution in [-0.2, 0) is 0 Å². The molecule has 7 heteroatoms. The molecule has 110 valence electrons. The molecule has 0 saturated heterocycles. The molecule has 0 spiro atoms. The fraction of sp³-hybridized carbons (Fsp3) is 0.143. The monoisotopic (exact) mass is 368 g/mol. The van der Waals surface area contributed by atoms with E-state index in [0.29, 0.717) is 4.47 Å². The minimum atomic E-state index is -1.10. The first-order chi connectivity index (χ1) is 9.97. The molecule has 5 nitrogen and oxygen atoms in total. The number of thiophene rings is 1. The molecule has 1 aromatic carbocycles. The van der Waals surface area contributed by atoms with Gasteiger partial charge in [-0.05, 0) is 36.6 Å². The van der Waals surface area contributed by atoms with E-state index in [4.69, 9.17) is 5.11 Å². The summed E-state index contributed by atoms with van der Waals surface area (Å²) in [4.78, 5) is 24.2. The van der Waals surface area contributed by atoms with Gasteiger partial charge >= 0.3 is 12.0 Å². The third-order valence-corrected chi connectivity index (χ3v) is 4.33. The van der Waals surface area contributed by atoms with Crippen LogP contribution in [0.5, 0.6) is 0 Å². The van der Waals surface area contributed by atoms with Crippen molar-refractivity contribution in [3.05, 3.63) is 50.6 Å². The molecule has 0 aliphatic heterocycles. The van der Waals surface area contributed by atoms with Crippen LogP contribution < -0.4 is 10.6 Å². The smallest absolute Gasteiger partial charge is 0.337 e. The van der Waals surface area contributed by atoms with Crippen molar-refractivity contribution in [3.8, 4) is 0 Å². The van der Waals surface area contributed by atoms with Gasteiger partial charge in [-0.2, -0.15) is 0 Å². The van der Waals surface area contributed by atoms with Crippen LogP contribution >= 0.6 is 27.3 Å². The quantitative estimate of drug-likeness (QED) is 0.760. The number of nitrogens with one attached hydrogen (secondary N) is 2.